The molecule has 0 bridgehead atoms. The lowest BCUT2D eigenvalue weighted by Crippen LogP contribution is -2.44. The molecule has 1 aromatic rings. The summed E-state index contributed by atoms with van der Waals surface area (Å²) in [6.45, 7) is 6.62. The van der Waals surface area contributed by atoms with E-state index in [-0.39, 0.29) is 11.8 Å². The van der Waals surface area contributed by atoms with Crippen molar-refractivity contribution in [3.63, 3.8) is 0 Å². The van der Waals surface area contributed by atoms with Crippen LogP contribution in [-0.4, -0.2) is 11.9 Å². The summed E-state index contributed by atoms with van der Waals surface area (Å²) in [5, 5.41) is 2.88. The maximum atomic E-state index is 11.8. The molecule has 0 saturated heterocycles. The number of nitrogens with one attached hydrogen (secondary N) is 1. The van der Waals surface area contributed by atoms with Crippen LogP contribution in [0, 0.1) is 12.8 Å². The van der Waals surface area contributed by atoms with Crippen molar-refractivity contribution in [1.29, 1.82) is 0 Å². The SMILES string of the molecule is CC[C@H](C)[C@H](N)C(=O)NCc1cccc(C)c1. The summed E-state index contributed by atoms with van der Waals surface area (Å²) in [5.41, 5.74) is 8.16. The van der Waals surface area contributed by atoms with E-state index >= 15 is 0 Å². The number of nitrogens with two attached hydrogens (primary N) is 1. The molecule has 94 valence electrons. The molecular formula is C14H22N2O. The van der Waals surface area contributed by atoms with Crippen molar-refractivity contribution in [2.45, 2.75) is 39.8 Å². The molecule has 0 unspecified atom stereocenters. The predicted octanol–water partition coefficient (Wildman–Crippen LogP) is 1.98. The minimum Gasteiger partial charge on any atom is -0.351 e. The molecule has 1 rings (SSSR count). The van der Waals surface area contributed by atoms with Crippen LogP contribution >= 0.6 is 0 Å². The van der Waals surface area contributed by atoms with Crippen LogP contribution in [0.4, 0.5) is 0 Å². The van der Waals surface area contributed by atoms with Crippen molar-refractivity contribution in [2.75, 3.05) is 0 Å². The summed E-state index contributed by atoms with van der Waals surface area (Å²) in [4.78, 5) is 11.8. The molecule has 3 nitrogen and oxygen atoms in total. The first-order valence-corrected chi connectivity index (χ1v) is 6.13. The number of rotatable bonds is 5. The molecule has 3 N–H and O–H groups in total. The van der Waals surface area contributed by atoms with Crippen LogP contribution in [0.15, 0.2) is 24.3 Å². The Balaban J connectivity index is 2.48. The summed E-state index contributed by atoms with van der Waals surface area (Å²) in [6, 6.07) is 7.68. The molecule has 17 heavy (non-hydrogen) atoms. The molecule has 1 amide bonds. The Kier molecular flexibility index (Phi) is 5.16. The zero-order valence-electron chi connectivity index (χ0n) is 10.9. The largest absolute Gasteiger partial charge is 0.351 e. The maximum Gasteiger partial charge on any atom is 0.237 e. The minimum absolute atomic E-state index is 0.0687. The van der Waals surface area contributed by atoms with Crippen molar-refractivity contribution in [3.8, 4) is 0 Å². The van der Waals surface area contributed by atoms with Crippen molar-refractivity contribution in [1.82, 2.24) is 5.32 Å². The van der Waals surface area contributed by atoms with E-state index in [9.17, 15) is 4.79 Å². The van der Waals surface area contributed by atoms with Crippen LogP contribution in [0.1, 0.15) is 31.4 Å². The summed E-state index contributed by atoms with van der Waals surface area (Å²) >= 11 is 0. The summed E-state index contributed by atoms with van der Waals surface area (Å²) in [7, 11) is 0. The van der Waals surface area contributed by atoms with Gasteiger partial charge in [0.05, 0.1) is 6.04 Å². The van der Waals surface area contributed by atoms with Gasteiger partial charge in [0, 0.05) is 6.54 Å². The molecule has 1 aromatic carbocycles. The second-order valence-corrected chi connectivity index (χ2v) is 4.62. The molecule has 0 saturated carbocycles. The van der Waals surface area contributed by atoms with Gasteiger partial charge in [-0.25, -0.2) is 0 Å². The molecule has 0 heterocycles. The topological polar surface area (TPSA) is 55.1 Å². The molecule has 0 spiro atoms. The number of aryl methyl sites for hydroxylation is 1. The maximum absolute atomic E-state index is 11.8. The number of amides is 1. The first kappa shape index (κ1) is 13.7. The van der Waals surface area contributed by atoms with E-state index in [2.05, 4.69) is 11.4 Å². The van der Waals surface area contributed by atoms with E-state index in [4.69, 9.17) is 5.73 Å². The van der Waals surface area contributed by atoms with Gasteiger partial charge in [0.1, 0.15) is 0 Å². The van der Waals surface area contributed by atoms with Gasteiger partial charge in [-0.15, -0.1) is 0 Å². The van der Waals surface area contributed by atoms with Crippen molar-refractivity contribution < 1.29 is 4.79 Å². The van der Waals surface area contributed by atoms with E-state index < -0.39 is 6.04 Å². The molecule has 0 aliphatic rings. The second-order valence-electron chi connectivity index (χ2n) is 4.62. The van der Waals surface area contributed by atoms with E-state index in [0.29, 0.717) is 6.54 Å². The zero-order valence-corrected chi connectivity index (χ0v) is 10.9. The number of carbonyl (C=O) groups excluding carboxylic acids is 1. The minimum atomic E-state index is -0.412. The Hall–Kier alpha value is -1.35. The quantitative estimate of drug-likeness (QED) is 0.818. The zero-order chi connectivity index (χ0) is 12.8. The van der Waals surface area contributed by atoms with Crippen LogP contribution in [0.3, 0.4) is 0 Å². The first-order valence-electron chi connectivity index (χ1n) is 6.13. The number of hydrogen-bond donors (Lipinski definition) is 2. The standard InChI is InChI=1S/C14H22N2O/c1-4-11(3)13(15)14(17)16-9-12-7-5-6-10(2)8-12/h5-8,11,13H,4,9,15H2,1-3H3,(H,16,17)/t11-,13-/m0/s1. The van der Waals surface area contributed by atoms with Gasteiger partial charge < -0.3 is 11.1 Å². The van der Waals surface area contributed by atoms with Crippen molar-refractivity contribution in [3.05, 3.63) is 35.4 Å². The third-order valence-electron chi connectivity index (χ3n) is 3.11. The number of benzene rings is 1. The highest BCUT2D eigenvalue weighted by Gasteiger charge is 2.18. The van der Waals surface area contributed by atoms with E-state index in [0.717, 1.165) is 12.0 Å². The van der Waals surface area contributed by atoms with Gasteiger partial charge in [-0.1, -0.05) is 50.1 Å². The molecule has 0 aliphatic heterocycles. The molecule has 0 aromatic heterocycles. The molecule has 0 radical (unpaired) electrons. The Labute approximate surface area is 103 Å². The fourth-order valence-corrected chi connectivity index (χ4v) is 1.64. The lowest BCUT2D eigenvalue weighted by atomic mass is 9.99. The van der Waals surface area contributed by atoms with Crippen molar-refractivity contribution >= 4 is 5.91 Å². The van der Waals surface area contributed by atoms with Gasteiger partial charge in [-0.3, -0.25) is 4.79 Å². The van der Waals surface area contributed by atoms with Gasteiger partial charge in [-0.2, -0.15) is 0 Å². The average molecular weight is 234 g/mol. The lowest BCUT2D eigenvalue weighted by Gasteiger charge is -2.17. The van der Waals surface area contributed by atoms with Crippen LogP contribution in [0.2, 0.25) is 0 Å². The Morgan fingerprint density at radius 3 is 2.76 bits per heavy atom. The Morgan fingerprint density at radius 1 is 1.47 bits per heavy atom. The fraction of sp³-hybridized carbons (Fsp3) is 0.500. The van der Waals surface area contributed by atoms with Gasteiger partial charge in [0.25, 0.3) is 0 Å². The highest BCUT2D eigenvalue weighted by Crippen LogP contribution is 2.06. The molecular weight excluding hydrogens is 212 g/mol. The molecule has 3 heteroatoms. The van der Waals surface area contributed by atoms with Gasteiger partial charge in [0.2, 0.25) is 5.91 Å². The van der Waals surface area contributed by atoms with Gasteiger partial charge in [-0.05, 0) is 18.4 Å². The third kappa shape index (κ3) is 4.19. The van der Waals surface area contributed by atoms with E-state index in [1.54, 1.807) is 0 Å². The van der Waals surface area contributed by atoms with E-state index in [1.807, 2.05) is 39.0 Å². The van der Waals surface area contributed by atoms with Gasteiger partial charge in [0.15, 0.2) is 0 Å². The van der Waals surface area contributed by atoms with Crippen LogP contribution < -0.4 is 11.1 Å². The van der Waals surface area contributed by atoms with Crippen LogP contribution in [-0.2, 0) is 11.3 Å². The molecule has 2 atom stereocenters. The monoisotopic (exact) mass is 234 g/mol. The smallest absolute Gasteiger partial charge is 0.237 e. The normalized spacial score (nSPS) is 14.1. The summed E-state index contributed by atoms with van der Waals surface area (Å²) < 4.78 is 0. The average Bonchev–Trinajstić information content (AvgIpc) is 2.34. The third-order valence-corrected chi connectivity index (χ3v) is 3.11. The Bertz CT molecular complexity index is 376. The predicted molar refractivity (Wildman–Crippen MR) is 70.5 cm³/mol. The number of hydrogen-bond acceptors (Lipinski definition) is 2. The Morgan fingerprint density at radius 2 is 2.18 bits per heavy atom. The summed E-state index contributed by atoms with van der Waals surface area (Å²) in [6.07, 6.45) is 0.916. The molecule has 0 fully saturated rings. The van der Waals surface area contributed by atoms with Gasteiger partial charge >= 0.3 is 0 Å². The molecule has 0 aliphatic carbocycles. The summed E-state index contributed by atoms with van der Waals surface area (Å²) in [5.74, 6) is 0.147. The van der Waals surface area contributed by atoms with Crippen LogP contribution in [0.5, 0.6) is 0 Å². The van der Waals surface area contributed by atoms with Crippen molar-refractivity contribution in [2.24, 2.45) is 11.7 Å². The van der Waals surface area contributed by atoms with Crippen LogP contribution in [0.25, 0.3) is 0 Å². The highest BCUT2D eigenvalue weighted by molar-refractivity contribution is 5.81. The number of carbonyl (C=O) groups is 1. The second kappa shape index (κ2) is 6.40. The lowest BCUT2D eigenvalue weighted by molar-refractivity contribution is -0.123. The van der Waals surface area contributed by atoms with E-state index in [1.165, 1.54) is 5.56 Å². The highest BCUT2D eigenvalue weighted by atomic mass is 16.2. The fourth-order valence-electron chi connectivity index (χ4n) is 1.64. The first-order chi connectivity index (χ1) is 8.04.